The predicted molar refractivity (Wildman–Crippen MR) is 76.7 cm³/mol. The van der Waals surface area contributed by atoms with E-state index in [1.54, 1.807) is 7.05 Å². The Morgan fingerprint density at radius 1 is 1.47 bits per heavy atom. The maximum Gasteiger partial charge on any atom is 0.257 e. The Morgan fingerprint density at radius 3 is 2.95 bits per heavy atom. The maximum absolute atomic E-state index is 11.2. The minimum Gasteiger partial charge on any atom is -0.483 e. The van der Waals surface area contributed by atoms with Gasteiger partial charge in [-0.2, -0.15) is 0 Å². The summed E-state index contributed by atoms with van der Waals surface area (Å²) in [5.41, 5.74) is 1.70. The van der Waals surface area contributed by atoms with Crippen LogP contribution in [-0.2, 0) is 10.7 Å². The van der Waals surface area contributed by atoms with E-state index < -0.39 is 0 Å². The topological polar surface area (TPSA) is 51.2 Å². The molecule has 4 nitrogen and oxygen atoms in total. The molecule has 0 spiro atoms. The van der Waals surface area contributed by atoms with Gasteiger partial charge in [-0.05, 0) is 12.1 Å². The number of thiazole rings is 1. The minimum absolute atomic E-state index is 0.0126. The Hall–Kier alpha value is -1.59. The molecule has 6 heteroatoms. The second-order valence-electron chi connectivity index (χ2n) is 3.74. The Kier molecular flexibility index (Phi) is 4.76. The Morgan fingerprint density at radius 2 is 2.26 bits per heavy atom. The fraction of sp³-hybridized carbons (Fsp3) is 0.231. The molecule has 0 atom stereocenters. The van der Waals surface area contributed by atoms with Gasteiger partial charge < -0.3 is 10.1 Å². The molecule has 0 saturated heterocycles. The number of ether oxygens (including phenoxy) is 1. The number of amides is 1. The number of aromatic nitrogens is 1. The SMILES string of the molecule is CNC(=O)COc1ccccc1-c1nc(CCl)cs1. The van der Waals surface area contributed by atoms with E-state index in [0.717, 1.165) is 16.3 Å². The van der Waals surface area contributed by atoms with Crippen molar-refractivity contribution in [3.8, 4) is 16.3 Å². The summed E-state index contributed by atoms with van der Waals surface area (Å²) in [6.45, 7) is -0.0126. The highest BCUT2D eigenvalue weighted by molar-refractivity contribution is 7.13. The number of para-hydroxylation sites is 1. The van der Waals surface area contributed by atoms with Crippen molar-refractivity contribution in [3.05, 3.63) is 35.3 Å². The van der Waals surface area contributed by atoms with Gasteiger partial charge in [-0.15, -0.1) is 22.9 Å². The molecule has 0 aliphatic rings. The lowest BCUT2D eigenvalue weighted by Crippen LogP contribution is -2.24. The molecule has 1 heterocycles. The molecule has 19 heavy (non-hydrogen) atoms. The highest BCUT2D eigenvalue weighted by Crippen LogP contribution is 2.32. The summed E-state index contributed by atoms with van der Waals surface area (Å²) >= 11 is 7.25. The van der Waals surface area contributed by atoms with Crippen LogP contribution in [0.3, 0.4) is 0 Å². The number of likely N-dealkylation sites (N-methyl/N-ethyl adjacent to an activating group) is 1. The first-order valence-corrected chi connectivity index (χ1v) is 7.09. The molecule has 0 bridgehead atoms. The lowest BCUT2D eigenvalue weighted by atomic mass is 10.2. The third kappa shape index (κ3) is 3.45. The summed E-state index contributed by atoms with van der Waals surface area (Å²) in [5.74, 6) is 0.856. The van der Waals surface area contributed by atoms with Gasteiger partial charge in [-0.3, -0.25) is 4.79 Å². The zero-order valence-electron chi connectivity index (χ0n) is 10.4. The Labute approximate surface area is 120 Å². The fourth-order valence-electron chi connectivity index (χ4n) is 1.48. The van der Waals surface area contributed by atoms with Crippen molar-refractivity contribution in [2.45, 2.75) is 5.88 Å². The molecule has 0 aliphatic carbocycles. The number of carbonyl (C=O) groups is 1. The van der Waals surface area contributed by atoms with E-state index in [0.29, 0.717) is 11.6 Å². The first-order valence-electron chi connectivity index (χ1n) is 5.67. The van der Waals surface area contributed by atoms with E-state index in [9.17, 15) is 4.79 Å². The van der Waals surface area contributed by atoms with E-state index in [2.05, 4.69) is 10.3 Å². The second kappa shape index (κ2) is 6.54. The first-order chi connectivity index (χ1) is 9.24. The average Bonchev–Trinajstić information content (AvgIpc) is 2.93. The number of nitrogens with one attached hydrogen (secondary N) is 1. The van der Waals surface area contributed by atoms with Gasteiger partial charge in [0.25, 0.3) is 5.91 Å². The van der Waals surface area contributed by atoms with Crippen LogP contribution in [0.5, 0.6) is 5.75 Å². The molecular formula is C13H13ClN2O2S. The molecule has 0 aliphatic heterocycles. The van der Waals surface area contributed by atoms with Crippen molar-refractivity contribution < 1.29 is 9.53 Å². The molecule has 1 amide bonds. The zero-order valence-corrected chi connectivity index (χ0v) is 11.9. The molecular weight excluding hydrogens is 284 g/mol. The van der Waals surface area contributed by atoms with Crippen LogP contribution in [0, 0.1) is 0 Å². The zero-order chi connectivity index (χ0) is 13.7. The van der Waals surface area contributed by atoms with E-state index in [1.807, 2.05) is 29.6 Å². The number of halogens is 1. The van der Waals surface area contributed by atoms with Crippen molar-refractivity contribution >= 4 is 28.8 Å². The van der Waals surface area contributed by atoms with Gasteiger partial charge >= 0.3 is 0 Å². The lowest BCUT2D eigenvalue weighted by molar-refractivity contribution is -0.122. The van der Waals surface area contributed by atoms with Crippen LogP contribution in [0.1, 0.15) is 5.69 Å². The molecule has 1 aromatic carbocycles. The summed E-state index contributed by atoms with van der Waals surface area (Å²) in [6.07, 6.45) is 0. The molecule has 2 aromatic rings. The molecule has 1 aromatic heterocycles. The fourth-order valence-corrected chi connectivity index (χ4v) is 2.55. The normalized spacial score (nSPS) is 10.2. The van der Waals surface area contributed by atoms with Crippen molar-refractivity contribution in [2.75, 3.05) is 13.7 Å². The summed E-state index contributed by atoms with van der Waals surface area (Å²) in [7, 11) is 1.57. The van der Waals surface area contributed by atoms with Gasteiger partial charge in [0.15, 0.2) is 6.61 Å². The van der Waals surface area contributed by atoms with Gasteiger partial charge in [-0.1, -0.05) is 12.1 Å². The quantitative estimate of drug-likeness (QED) is 0.863. The Balaban J connectivity index is 2.22. The maximum atomic E-state index is 11.2. The summed E-state index contributed by atoms with van der Waals surface area (Å²) < 4.78 is 5.51. The molecule has 2 rings (SSSR count). The molecule has 0 saturated carbocycles. The summed E-state index contributed by atoms with van der Waals surface area (Å²) in [6, 6.07) is 7.50. The van der Waals surface area contributed by atoms with Crippen LogP contribution in [0.15, 0.2) is 29.6 Å². The largest absolute Gasteiger partial charge is 0.483 e. The monoisotopic (exact) mass is 296 g/mol. The van der Waals surface area contributed by atoms with Gasteiger partial charge in [0.1, 0.15) is 10.8 Å². The average molecular weight is 297 g/mol. The number of benzene rings is 1. The second-order valence-corrected chi connectivity index (χ2v) is 4.86. The number of alkyl halides is 1. The van der Waals surface area contributed by atoms with Gasteiger partial charge in [0, 0.05) is 12.4 Å². The lowest BCUT2D eigenvalue weighted by Gasteiger charge is -2.08. The van der Waals surface area contributed by atoms with Crippen LogP contribution in [-0.4, -0.2) is 24.5 Å². The van der Waals surface area contributed by atoms with E-state index in [4.69, 9.17) is 16.3 Å². The van der Waals surface area contributed by atoms with E-state index >= 15 is 0 Å². The summed E-state index contributed by atoms with van der Waals surface area (Å²) in [4.78, 5) is 15.6. The number of hydrogen-bond acceptors (Lipinski definition) is 4. The van der Waals surface area contributed by atoms with Gasteiger partial charge in [-0.25, -0.2) is 4.98 Å². The van der Waals surface area contributed by atoms with Crippen LogP contribution < -0.4 is 10.1 Å². The van der Waals surface area contributed by atoms with Gasteiger partial charge in [0.05, 0.1) is 17.1 Å². The highest BCUT2D eigenvalue weighted by atomic mass is 35.5. The predicted octanol–water partition coefficient (Wildman–Crippen LogP) is 2.67. The molecule has 100 valence electrons. The van der Waals surface area contributed by atoms with Crippen molar-refractivity contribution in [3.63, 3.8) is 0 Å². The molecule has 0 fully saturated rings. The van der Waals surface area contributed by atoms with Gasteiger partial charge in [0.2, 0.25) is 0 Å². The van der Waals surface area contributed by atoms with E-state index in [1.165, 1.54) is 11.3 Å². The van der Waals surface area contributed by atoms with E-state index in [-0.39, 0.29) is 12.5 Å². The third-order valence-electron chi connectivity index (χ3n) is 2.44. The van der Waals surface area contributed by atoms with Crippen LogP contribution >= 0.6 is 22.9 Å². The van der Waals surface area contributed by atoms with Crippen molar-refractivity contribution in [2.24, 2.45) is 0 Å². The molecule has 1 N–H and O–H groups in total. The van der Waals surface area contributed by atoms with Crippen molar-refractivity contribution in [1.82, 2.24) is 10.3 Å². The summed E-state index contributed by atoms with van der Waals surface area (Å²) in [5, 5.41) is 5.26. The first kappa shape index (κ1) is 13.8. The van der Waals surface area contributed by atoms with Crippen LogP contribution in [0.2, 0.25) is 0 Å². The smallest absolute Gasteiger partial charge is 0.257 e. The number of hydrogen-bond donors (Lipinski definition) is 1. The van der Waals surface area contributed by atoms with Crippen LogP contribution in [0.4, 0.5) is 0 Å². The third-order valence-corrected chi connectivity index (χ3v) is 3.64. The van der Waals surface area contributed by atoms with Crippen molar-refractivity contribution in [1.29, 1.82) is 0 Å². The highest BCUT2D eigenvalue weighted by Gasteiger charge is 2.11. The number of nitrogens with zero attached hydrogens (tertiary/aromatic N) is 1. The number of carbonyl (C=O) groups excluding carboxylic acids is 1. The Bertz CT molecular complexity index is 571. The standard InChI is InChI=1S/C13H13ClN2O2S/c1-15-12(17)7-18-11-5-3-2-4-10(11)13-16-9(6-14)8-19-13/h2-5,8H,6-7H2,1H3,(H,15,17). The molecule has 0 radical (unpaired) electrons. The minimum atomic E-state index is -0.171. The molecule has 0 unspecified atom stereocenters. The number of rotatable bonds is 5. The van der Waals surface area contributed by atoms with Crippen LogP contribution in [0.25, 0.3) is 10.6 Å².